The quantitative estimate of drug-likeness (QED) is 0.895. The van der Waals surface area contributed by atoms with Gasteiger partial charge in [-0.3, -0.25) is 4.79 Å². The van der Waals surface area contributed by atoms with E-state index in [1.54, 1.807) is 6.07 Å². The molecule has 0 saturated carbocycles. The highest BCUT2D eigenvalue weighted by atomic mass is 35.5. The van der Waals surface area contributed by atoms with Crippen LogP contribution >= 0.6 is 12.4 Å². The summed E-state index contributed by atoms with van der Waals surface area (Å²) in [5.41, 5.74) is -0.272. The highest BCUT2D eigenvalue weighted by Gasteiger charge is 2.41. The zero-order valence-corrected chi connectivity index (χ0v) is 11.2. The van der Waals surface area contributed by atoms with E-state index in [0.29, 0.717) is 6.54 Å². The van der Waals surface area contributed by atoms with Crippen molar-refractivity contribution in [1.82, 2.24) is 10.6 Å². The lowest BCUT2D eigenvalue weighted by Crippen LogP contribution is -2.50. The molecule has 1 heterocycles. The van der Waals surface area contributed by atoms with Crippen LogP contribution in [0, 0.1) is 0 Å². The normalized spacial score (nSPS) is 19.4. The number of carbonyl (C=O) groups is 1. The Bertz CT molecular complexity index is 408. The Morgan fingerprint density at radius 1 is 1.32 bits per heavy atom. The van der Waals surface area contributed by atoms with Gasteiger partial charge in [-0.05, 0) is 19.4 Å². The molecule has 2 rings (SSSR count). The molecule has 106 valence electrons. The van der Waals surface area contributed by atoms with Crippen LogP contribution in [0.25, 0.3) is 0 Å². The van der Waals surface area contributed by atoms with Gasteiger partial charge in [-0.2, -0.15) is 8.78 Å². The molecule has 0 radical (unpaired) electrons. The molecular formula is C13H17ClF2N2O. The Morgan fingerprint density at radius 3 is 2.58 bits per heavy atom. The average molecular weight is 291 g/mol. The maximum absolute atomic E-state index is 13.9. The summed E-state index contributed by atoms with van der Waals surface area (Å²) in [6, 6.07) is 6.96. The van der Waals surface area contributed by atoms with Crippen LogP contribution in [0.1, 0.15) is 18.4 Å². The Balaban J connectivity index is 0.00000180. The molecule has 2 N–H and O–H groups in total. The SMILES string of the molecule is Cl.O=C(NC1CCCNC1)C(F)(F)c1ccccc1. The van der Waals surface area contributed by atoms with Crippen molar-refractivity contribution in [3.05, 3.63) is 35.9 Å². The molecule has 1 unspecified atom stereocenters. The summed E-state index contributed by atoms with van der Waals surface area (Å²) >= 11 is 0. The van der Waals surface area contributed by atoms with Crippen LogP contribution in [-0.2, 0) is 10.7 Å². The van der Waals surface area contributed by atoms with Gasteiger partial charge in [0.2, 0.25) is 0 Å². The molecule has 0 aliphatic carbocycles. The Morgan fingerprint density at radius 2 is 2.00 bits per heavy atom. The molecule has 1 aromatic rings. The summed E-state index contributed by atoms with van der Waals surface area (Å²) in [4.78, 5) is 11.6. The number of carbonyl (C=O) groups excluding carboxylic acids is 1. The molecule has 1 fully saturated rings. The van der Waals surface area contributed by atoms with Gasteiger partial charge in [0.1, 0.15) is 0 Å². The van der Waals surface area contributed by atoms with Crippen molar-refractivity contribution in [3.63, 3.8) is 0 Å². The van der Waals surface area contributed by atoms with Crippen molar-refractivity contribution in [1.29, 1.82) is 0 Å². The third-order valence-electron chi connectivity index (χ3n) is 3.05. The summed E-state index contributed by atoms with van der Waals surface area (Å²) < 4.78 is 27.7. The minimum Gasteiger partial charge on any atom is -0.347 e. The van der Waals surface area contributed by atoms with Crippen molar-refractivity contribution in [2.24, 2.45) is 0 Å². The van der Waals surface area contributed by atoms with Gasteiger partial charge in [-0.15, -0.1) is 12.4 Å². The molecule has 1 aromatic carbocycles. The van der Waals surface area contributed by atoms with Gasteiger partial charge in [0.15, 0.2) is 0 Å². The van der Waals surface area contributed by atoms with Gasteiger partial charge in [0.25, 0.3) is 5.91 Å². The molecule has 0 spiro atoms. The van der Waals surface area contributed by atoms with E-state index in [1.807, 2.05) is 0 Å². The smallest absolute Gasteiger partial charge is 0.347 e. The van der Waals surface area contributed by atoms with Crippen LogP contribution in [0.4, 0.5) is 8.78 Å². The third-order valence-corrected chi connectivity index (χ3v) is 3.05. The molecule has 1 amide bonds. The van der Waals surface area contributed by atoms with Gasteiger partial charge in [0, 0.05) is 18.2 Å². The maximum Gasteiger partial charge on any atom is 0.349 e. The molecule has 1 aliphatic rings. The first-order valence-corrected chi connectivity index (χ1v) is 6.06. The average Bonchev–Trinajstić information content (AvgIpc) is 2.41. The number of alkyl halides is 2. The second-order valence-corrected chi connectivity index (χ2v) is 4.46. The molecule has 3 nitrogen and oxygen atoms in total. The number of nitrogens with one attached hydrogen (secondary N) is 2. The zero-order valence-electron chi connectivity index (χ0n) is 10.4. The lowest BCUT2D eigenvalue weighted by molar-refractivity contribution is -0.147. The van der Waals surface area contributed by atoms with Gasteiger partial charge >= 0.3 is 5.92 Å². The Kier molecular flexibility index (Phi) is 5.69. The van der Waals surface area contributed by atoms with Crippen LogP contribution in [0.5, 0.6) is 0 Å². The highest BCUT2D eigenvalue weighted by molar-refractivity contribution is 5.85. The second kappa shape index (κ2) is 6.82. The van der Waals surface area contributed by atoms with E-state index in [0.717, 1.165) is 19.4 Å². The Hall–Kier alpha value is -1.20. The molecular weight excluding hydrogens is 274 g/mol. The summed E-state index contributed by atoms with van der Waals surface area (Å²) in [5.74, 6) is -4.69. The third kappa shape index (κ3) is 3.88. The summed E-state index contributed by atoms with van der Waals surface area (Å²) in [6.45, 7) is 1.43. The van der Waals surface area contributed by atoms with E-state index in [9.17, 15) is 13.6 Å². The number of hydrogen-bond donors (Lipinski definition) is 2. The predicted octanol–water partition coefficient (Wildman–Crippen LogP) is 2.07. The van der Waals surface area contributed by atoms with Gasteiger partial charge in [-0.1, -0.05) is 30.3 Å². The topological polar surface area (TPSA) is 41.1 Å². The molecule has 0 aromatic heterocycles. The fourth-order valence-electron chi connectivity index (χ4n) is 2.03. The van der Waals surface area contributed by atoms with Crippen molar-refractivity contribution in [2.75, 3.05) is 13.1 Å². The molecule has 1 atom stereocenters. The van der Waals surface area contributed by atoms with Crippen LogP contribution in [0.3, 0.4) is 0 Å². The van der Waals surface area contributed by atoms with Crippen molar-refractivity contribution in [2.45, 2.75) is 24.8 Å². The van der Waals surface area contributed by atoms with Crippen molar-refractivity contribution in [3.8, 4) is 0 Å². The lowest BCUT2D eigenvalue weighted by atomic mass is 10.0. The van der Waals surface area contributed by atoms with E-state index < -0.39 is 11.8 Å². The van der Waals surface area contributed by atoms with Gasteiger partial charge in [-0.25, -0.2) is 0 Å². The second-order valence-electron chi connectivity index (χ2n) is 4.46. The van der Waals surface area contributed by atoms with Gasteiger partial charge < -0.3 is 10.6 Å². The first kappa shape index (κ1) is 15.9. The zero-order chi connectivity index (χ0) is 13.0. The fraction of sp³-hybridized carbons (Fsp3) is 0.462. The fourth-order valence-corrected chi connectivity index (χ4v) is 2.03. The largest absolute Gasteiger partial charge is 0.349 e. The molecule has 19 heavy (non-hydrogen) atoms. The van der Waals surface area contributed by atoms with Gasteiger partial charge in [0.05, 0.1) is 0 Å². The van der Waals surface area contributed by atoms with Crippen LogP contribution in [0.15, 0.2) is 30.3 Å². The molecule has 6 heteroatoms. The number of amides is 1. The first-order valence-electron chi connectivity index (χ1n) is 6.06. The maximum atomic E-state index is 13.9. The molecule has 1 saturated heterocycles. The Labute approximate surface area is 117 Å². The highest BCUT2D eigenvalue weighted by Crippen LogP contribution is 2.28. The molecule has 1 aliphatic heterocycles. The van der Waals surface area contributed by atoms with Crippen molar-refractivity contribution >= 4 is 18.3 Å². The predicted molar refractivity (Wildman–Crippen MR) is 71.6 cm³/mol. The lowest BCUT2D eigenvalue weighted by Gasteiger charge is -2.26. The number of benzene rings is 1. The minimum atomic E-state index is -3.47. The van der Waals surface area contributed by atoms with E-state index >= 15 is 0 Å². The minimum absolute atomic E-state index is 0. The van der Waals surface area contributed by atoms with Crippen LogP contribution in [-0.4, -0.2) is 25.0 Å². The number of hydrogen-bond acceptors (Lipinski definition) is 2. The summed E-state index contributed by atoms with van der Waals surface area (Å²) in [7, 11) is 0. The van der Waals surface area contributed by atoms with Crippen LogP contribution in [0.2, 0.25) is 0 Å². The number of halogens is 3. The van der Waals surface area contributed by atoms with E-state index in [1.165, 1.54) is 24.3 Å². The van der Waals surface area contributed by atoms with E-state index in [4.69, 9.17) is 0 Å². The first-order chi connectivity index (χ1) is 8.60. The monoisotopic (exact) mass is 290 g/mol. The molecule has 0 bridgehead atoms. The number of piperidine rings is 1. The summed E-state index contributed by atoms with van der Waals surface area (Å²) in [6.07, 6.45) is 1.63. The van der Waals surface area contributed by atoms with E-state index in [2.05, 4.69) is 10.6 Å². The number of rotatable bonds is 3. The standard InChI is InChI=1S/C13H16F2N2O.ClH/c14-13(15,10-5-2-1-3-6-10)12(18)17-11-7-4-8-16-9-11;/h1-3,5-6,11,16H,4,7-9H2,(H,17,18);1H. The van der Waals surface area contributed by atoms with Crippen molar-refractivity contribution < 1.29 is 13.6 Å². The van der Waals surface area contributed by atoms with E-state index in [-0.39, 0.29) is 24.0 Å². The summed E-state index contributed by atoms with van der Waals surface area (Å²) in [5, 5.41) is 5.48. The van der Waals surface area contributed by atoms with Crippen LogP contribution < -0.4 is 10.6 Å².